The summed E-state index contributed by atoms with van der Waals surface area (Å²) in [6, 6.07) is 2.26. The van der Waals surface area contributed by atoms with Gasteiger partial charge in [-0.2, -0.15) is 5.26 Å². The van der Waals surface area contributed by atoms with Gasteiger partial charge in [0.15, 0.2) is 0 Å². The van der Waals surface area contributed by atoms with Gasteiger partial charge in [-0.25, -0.2) is 4.79 Å². The number of nitrogens with zero attached hydrogens (tertiary/aromatic N) is 1. The number of nitriles is 1. The average molecular weight is 531 g/mol. The van der Waals surface area contributed by atoms with Gasteiger partial charge in [0.2, 0.25) is 0 Å². The molecule has 7 heteroatoms. The Morgan fingerprint density at radius 2 is 2.10 bits per heavy atom. The highest BCUT2D eigenvalue weighted by Gasteiger charge is 2.33. The topological polar surface area (TPSA) is 68.5 Å². The molecule has 1 aliphatic rings. The number of esters is 1. The molecule has 1 unspecified atom stereocenters. The molecule has 29 heavy (non-hydrogen) atoms. The van der Waals surface area contributed by atoms with Crippen LogP contribution in [0.5, 0.6) is 11.5 Å². The Balaban J connectivity index is 0.00000204. The summed E-state index contributed by atoms with van der Waals surface area (Å²) in [6.45, 7) is 10.6. The molecule has 1 atom stereocenters. The zero-order valence-electron chi connectivity index (χ0n) is 18.1. The number of methoxy groups -OCH3 is 1. The van der Waals surface area contributed by atoms with E-state index in [1.807, 2.05) is 34.6 Å². The summed E-state index contributed by atoms with van der Waals surface area (Å²) in [7, 11) is 3.29. The molecule has 0 radical (unpaired) electrons. The van der Waals surface area contributed by atoms with E-state index in [2.05, 4.69) is 33.4 Å². The van der Waals surface area contributed by atoms with Crippen LogP contribution in [0.3, 0.4) is 0 Å². The lowest BCUT2D eigenvalue weighted by molar-refractivity contribution is 0.0532. The summed E-state index contributed by atoms with van der Waals surface area (Å²) in [6.07, 6.45) is 3.37. The Morgan fingerprint density at radius 3 is 2.69 bits per heavy atom. The summed E-state index contributed by atoms with van der Waals surface area (Å²) >= 11 is 2.22. The largest absolute Gasteiger partial charge is 0.496 e. The first-order valence-electron chi connectivity index (χ1n) is 9.75. The number of hydrogen-bond acceptors (Lipinski definition) is 6. The lowest BCUT2D eigenvalue weighted by Gasteiger charge is -2.19. The highest BCUT2D eigenvalue weighted by Crippen LogP contribution is 2.43. The zero-order chi connectivity index (χ0) is 22.0. The molecule has 0 aliphatic carbocycles. The number of fused-ring (bicyclic) bond motifs is 1. The molecular weight excluding hydrogens is 501 g/mol. The van der Waals surface area contributed by atoms with E-state index in [0.29, 0.717) is 30.8 Å². The lowest BCUT2D eigenvalue weighted by Crippen LogP contribution is -2.10. The molecule has 1 aromatic carbocycles. The van der Waals surface area contributed by atoms with Crippen molar-refractivity contribution in [3.05, 3.63) is 33.9 Å². The predicted molar refractivity (Wildman–Crippen MR) is 127 cm³/mol. The molecule has 1 aromatic rings. The van der Waals surface area contributed by atoms with Gasteiger partial charge in [0, 0.05) is 22.8 Å². The Labute approximate surface area is 190 Å². The fourth-order valence-corrected chi connectivity index (χ4v) is 3.92. The van der Waals surface area contributed by atoms with Crippen molar-refractivity contribution < 1.29 is 19.0 Å². The summed E-state index contributed by atoms with van der Waals surface area (Å²) in [4.78, 5) is 12.3. The Morgan fingerprint density at radius 1 is 1.41 bits per heavy atom. The molecule has 1 aliphatic heterocycles. The lowest BCUT2D eigenvalue weighted by atomic mass is 9.94. The second-order valence-corrected chi connectivity index (χ2v) is 9.04. The van der Waals surface area contributed by atoms with Gasteiger partial charge in [-0.15, -0.1) is 0 Å². The van der Waals surface area contributed by atoms with Gasteiger partial charge < -0.3 is 14.2 Å². The third-order valence-corrected chi connectivity index (χ3v) is 6.18. The minimum atomic E-state index is -0.340. The first-order valence-corrected chi connectivity index (χ1v) is 13.3. The maximum absolute atomic E-state index is 12.3. The fraction of sp³-hybridized carbons (Fsp3) is 0.545. The van der Waals surface area contributed by atoms with E-state index >= 15 is 0 Å². The van der Waals surface area contributed by atoms with Gasteiger partial charge in [-0.1, -0.05) is 34.4 Å². The first kappa shape index (κ1) is 25.6. The molecule has 0 saturated heterocycles. The van der Waals surface area contributed by atoms with E-state index < -0.39 is 0 Å². The smallest absolute Gasteiger partial charge is 0.342 e. The molecule has 0 aromatic heterocycles. The van der Waals surface area contributed by atoms with Crippen molar-refractivity contribution in [1.29, 1.82) is 5.26 Å². The van der Waals surface area contributed by atoms with Gasteiger partial charge in [0.25, 0.3) is 0 Å². The predicted octanol–water partition coefficient (Wildman–Crippen LogP) is 6.20. The van der Waals surface area contributed by atoms with Gasteiger partial charge in [0.05, 0.1) is 19.8 Å². The van der Waals surface area contributed by atoms with Crippen LogP contribution in [0.2, 0.25) is 0 Å². The second kappa shape index (κ2) is 13.0. The molecule has 0 spiro atoms. The highest BCUT2D eigenvalue weighted by molar-refractivity contribution is 14.2. The van der Waals surface area contributed by atoms with Gasteiger partial charge in [0.1, 0.15) is 23.7 Å². The number of allylic oxidation sites excluding steroid dienone is 2. The third kappa shape index (κ3) is 6.54. The number of carbonyl (C=O) groups is 1. The third-order valence-electron chi connectivity index (χ3n) is 4.54. The number of hydrogen-bond donors (Lipinski definition) is 0. The number of carbonyl (C=O) groups excluding carboxylic acids is 1. The summed E-state index contributed by atoms with van der Waals surface area (Å²) in [5, 5.41) is 9.02. The van der Waals surface area contributed by atoms with Crippen molar-refractivity contribution in [2.75, 3.05) is 19.5 Å². The van der Waals surface area contributed by atoms with Crippen LogP contribution in [0, 0.1) is 24.2 Å². The molecule has 1 heterocycles. The fourth-order valence-electron chi connectivity index (χ4n) is 3.23. The average Bonchev–Trinajstić information content (AvgIpc) is 3.11. The van der Waals surface area contributed by atoms with Crippen LogP contribution in [0.1, 0.15) is 61.2 Å². The molecule has 0 bridgehead atoms. The van der Waals surface area contributed by atoms with Crippen LogP contribution in [0.25, 0.3) is 0 Å². The molecule has 160 valence electrons. The SMILES string of the molecule is CC.COc1c(C)c2c(c(OCCSI)c1C/C=C(\C)CC(C)C#N)C(=O)OC2. The van der Waals surface area contributed by atoms with Crippen LogP contribution in [0.15, 0.2) is 11.6 Å². The normalized spacial score (nSPS) is 13.6. The monoisotopic (exact) mass is 531 g/mol. The van der Waals surface area contributed by atoms with Gasteiger partial charge in [-0.3, -0.25) is 0 Å². The van der Waals surface area contributed by atoms with E-state index in [-0.39, 0.29) is 18.5 Å². The minimum Gasteiger partial charge on any atom is -0.496 e. The van der Waals surface area contributed by atoms with Crippen molar-refractivity contribution in [3.63, 3.8) is 0 Å². The first-order chi connectivity index (χ1) is 13.9. The van der Waals surface area contributed by atoms with Crippen LogP contribution in [-0.2, 0) is 17.8 Å². The Hall–Kier alpha value is -1.40. The zero-order valence-corrected chi connectivity index (χ0v) is 21.0. The quantitative estimate of drug-likeness (QED) is 0.164. The van der Waals surface area contributed by atoms with E-state index in [1.54, 1.807) is 16.0 Å². The van der Waals surface area contributed by atoms with Crippen molar-refractivity contribution in [2.24, 2.45) is 5.92 Å². The molecule has 0 saturated carbocycles. The number of halogens is 1. The van der Waals surface area contributed by atoms with Crippen LogP contribution >= 0.6 is 30.1 Å². The van der Waals surface area contributed by atoms with E-state index in [1.165, 1.54) is 0 Å². The summed E-state index contributed by atoms with van der Waals surface area (Å²) < 4.78 is 17.0. The summed E-state index contributed by atoms with van der Waals surface area (Å²) in [5.74, 6) is 1.75. The summed E-state index contributed by atoms with van der Waals surface area (Å²) in [5.41, 5.74) is 4.27. The van der Waals surface area contributed by atoms with Crippen LogP contribution in [0.4, 0.5) is 0 Å². The number of cyclic esters (lactones) is 1. The van der Waals surface area contributed by atoms with Crippen molar-refractivity contribution in [3.8, 4) is 17.6 Å². The minimum absolute atomic E-state index is 0.0312. The van der Waals surface area contributed by atoms with E-state index in [4.69, 9.17) is 19.5 Å². The molecule has 2 rings (SSSR count). The Bertz CT molecular complexity index is 786. The van der Waals surface area contributed by atoms with Crippen LogP contribution < -0.4 is 9.47 Å². The van der Waals surface area contributed by atoms with Crippen molar-refractivity contribution in [1.82, 2.24) is 0 Å². The van der Waals surface area contributed by atoms with Gasteiger partial charge in [-0.05, 0) is 60.4 Å². The van der Waals surface area contributed by atoms with E-state index in [9.17, 15) is 4.79 Å². The standard InChI is InChI=1S/C20H24INO4S.C2H6/c1-12(9-13(2)10-22)5-6-15-18(24-4)14(3)16-11-26-20(23)17(16)19(15)25-7-8-27-21;1-2/h5,13H,6-9,11H2,1-4H3;1-2H3/b12-5+;. The number of ether oxygens (including phenoxy) is 3. The second-order valence-electron chi connectivity index (χ2n) is 6.55. The van der Waals surface area contributed by atoms with Crippen LogP contribution in [-0.4, -0.2) is 25.4 Å². The number of benzene rings is 1. The molecule has 5 nitrogen and oxygen atoms in total. The number of rotatable bonds is 9. The van der Waals surface area contributed by atoms with E-state index in [0.717, 1.165) is 33.8 Å². The highest BCUT2D eigenvalue weighted by atomic mass is 127. The maximum atomic E-state index is 12.3. The maximum Gasteiger partial charge on any atom is 0.342 e. The molecule has 0 N–H and O–H groups in total. The molecule has 0 fully saturated rings. The molecular formula is C22H30INO4S. The molecule has 0 amide bonds. The van der Waals surface area contributed by atoms with Crippen molar-refractivity contribution >= 4 is 36.1 Å². The van der Waals surface area contributed by atoms with Crippen molar-refractivity contribution in [2.45, 2.75) is 54.1 Å². The van der Waals surface area contributed by atoms with Gasteiger partial charge >= 0.3 is 5.97 Å². The Kier molecular flexibility index (Phi) is 11.5.